The molecular weight excluding hydrogens is 965 g/mol. The third-order valence-electron chi connectivity index (χ3n) is 15.2. The number of carbonyl (C=O) groups excluding carboxylic acids is 2. The number of nitrogens with one attached hydrogen (secondary N) is 4. The minimum atomic E-state index is -3.76. The number of hydrogen-bond donors (Lipinski definition) is 5. The van der Waals surface area contributed by atoms with E-state index in [0.717, 1.165) is 30.6 Å². The summed E-state index contributed by atoms with van der Waals surface area (Å²) in [6.45, 7) is 2.60. The molecule has 0 radical (unpaired) electrons. The highest BCUT2D eigenvalue weighted by molar-refractivity contribution is 7.89. The summed E-state index contributed by atoms with van der Waals surface area (Å²) in [5.41, 5.74) is 0.931. The number of hydrogen-bond acceptors (Lipinski definition) is 9. The second-order valence-corrected chi connectivity index (χ2v) is 23.5. The Kier molecular flexibility index (Phi) is 17.8. The van der Waals surface area contributed by atoms with Gasteiger partial charge in [-0.05, 0) is 123 Å². The summed E-state index contributed by atoms with van der Waals surface area (Å²) in [5, 5.41) is 24.2. The first-order chi connectivity index (χ1) is 34.7. The van der Waals surface area contributed by atoms with Crippen LogP contribution in [0.4, 0.5) is 13.6 Å². The fourth-order valence-corrected chi connectivity index (χ4v) is 14.7. The van der Waals surface area contributed by atoms with Crippen molar-refractivity contribution in [3.8, 4) is 0 Å². The van der Waals surface area contributed by atoms with Crippen molar-refractivity contribution in [1.82, 2.24) is 34.8 Å². The molecule has 2 aliphatic heterocycles. The molecule has 4 fully saturated rings. The molecule has 388 valence electrons. The predicted molar refractivity (Wildman–Crippen MR) is 269 cm³/mol. The van der Waals surface area contributed by atoms with Crippen molar-refractivity contribution in [1.29, 1.82) is 0 Å². The maximum absolute atomic E-state index is 14.9. The maximum Gasteiger partial charge on any atom is 0.408 e. The van der Waals surface area contributed by atoms with Crippen LogP contribution in [0.1, 0.15) is 75.3 Å². The molecular formula is C53H67F2N7O8S2. The second kappa shape index (κ2) is 24.2. The number of nitrogens with zero attached hydrogens (tertiary/aromatic N) is 3. The minimum Gasteiger partial charge on any atom is -0.465 e. The van der Waals surface area contributed by atoms with Gasteiger partial charge in [0, 0.05) is 76.3 Å². The molecule has 3 amide bonds. The van der Waals surface area contributed by atoms with Crippen molar-refractivity contribution in [2.45, 2.75) is 123 Å². The van der Waals surface area contributed by atoms with Crippen LogP contribution in [0.2, 0.25) is 0 Å². The third kappa shape index (κ3) is 12.9. The number of benzene rings is 4. The van der Waals surface area contributed by atoms with E-state index in [0.29, 0.717) is 88.9 Å². The number of rotatable bonds is 20. The molecule has 15 nitrogen and oxygen atoms in total. The zero-order valence-electron chi connectivity index (χ0n) is 40.5. The lowest BCUT2D eigenvalue weighted by Gasteiger charge is -2.38. The smallest absolute Gasteiger partial charge is 0.408 e. The topological polar surface area (TPSA) is 198 Å². The average molecular weight is 1030 g/mol. The van der Waals surface area contributed by atoms with E-state index >= 15 is 0 Å². The summed E-state index contributed by atoms with van der Waals surface area (Å²) in [6, 6.07) is 23.2. The first-order valence-electron chi connectivity index (χ1n) is 25.3. The Morgan fingerprint density at radius 3 is 1.35 bits per heavy atom. The predicted octanol–water partition coefficient (Wildman–Crippen LogP) is 5.92. The van der Waals surface area contributed by atoms with E-state index in [-0.39, 0.29) is 58.6 Å². The van der Waals surface area contributed by atoms with E-state index in [1.165, 1.54) is 48.5 Å². The molecule has 4 aromatic carbocycles. The monoisotopic (exact) mass is 1030 g/mol. The molecule has 4 aliphatic rings. The van der Waals surface area contributed by atoms with Gasteiger partial charge in [-0.15, -0.1) is 0 Å². The minimum absolute atomic E-state index is 0.0468. The highest BCUT2D eigenvalue weighted by Gasteiger charge is 2.43. The Balaban J connectivity index is 1.01. The molecule has 2 saturated carbocycles. The highest BCUT2D eigenvalue weighted by Crippen LogP contribution is 2.34. The van der Waals surface area contributed by atoms with Gasteiger partial charge in [0.05, 0.1) is 9.79 Å². The fraction of sp³-hybridized carbons (Fsp3) is 0.491. The summed E-state index contributed by atoms with van der Waals surface area (Å²) >= 11 is 0. The van der Waals surface area contributed by atoms with Gasteiger partial charge in [-0.1, -0.05) is 73.5 Å². The van der Waals surface area contributed by atoms with Crippen LogP contribution < -0.4 is 21.3 Å². The summed E-state index contributed by atoms with van der Waals surface area (Å²) in [7, 11) is -7.52. The van der Waals surface area contributed by atoms with Gasteiger partial charge in [0.15, 0.2) is 0 Å². The van der Waals surface area contributed by atoms with Gasteiger partial charge in [-0.2, -0.15) is 8.61 Å². The number of sulfonamides is 2. The number of carbonyl (C=O) groups is 3. The SMILES string of the molecule is O=C(N[C@@H]1CCC[C@H]1CCC1CNCCN1S(=O)(=O)c1ccccc1)C(Cc1ccc(F)cc1)N(C(=O)O)C(Cc1ccc(F)cc1)C(=O)N[C@@H]1CCC[C@H]1CCC1CNCCN1S(=O)(=O)c1ccccc1. The van der Waals surface area contributed by atoms with Gasteiger partial charge in [0.2, 0.25) is 31.9 Å². The zero-order chi connectivity index (χ0) is 50.8. The van der Waals surface area contributed by atoms with E-state index < -0.39 is 61.7 Å². The molecule has 0 bridgehead atoms. The van der Waals surface area contributed by atoms with Crippen LogP contribution in [0.25, 0.3) is 0 Å². The van der Waals surface area contributed by atoms with E-state index in [2.05, 4.69) is 21.3 Å². The summed E-state index contributed by atoms with van der Waals surface area (Å²) in [4.78, 5) is 45.0. The van der Waals surface area contributed by atoms with Crippen molar-refractivity contribution >= 4 is 38.0 Å². The molecule has 19 heteroatoms. The largest absolute Gasteiger partial charge is 0.465 e. The Morgan fingerprint density at radius 1 is 0.583 bits per heavy atom. The summed E-state index contributed by atoms with van der Waals surface area (Å²) in [5.74, 6) is -2.38. The molecule has 2 heterocycles. The number of halogens is 2. The molecule has 0 aromatic heterocycles. The third-order valence-corrected chi connectivity index (χ3v) is 19.1. The summed E-state index contributed by atoms with van der Waals surface area (Å²) in [6.07, 6.45) is 4.66. The van der Waals surface area contributed by atoms with E-state index in [1.807, 2.05) is 0 Å². The van der Waals surface area contributed by atoms with Crippen molar-refractivity contribution in [3.63, 3.8) is 0 Å². The molecule has 72 heavy (non-hydrogen) atoms. The van der Waals surface area contributed by atoms with Crippen LogP contribution in [-0.2, 0) is 42.5 Å². The van der Waals surface area contributed by atoms with Crippen molar-refractivity contribution in [2.24, 2.45) is 11.8 Å². The maximum atomic E-state index is 14.9. The molecule has 4 aromatic rings. The fourth-order valence-electron chi connectivity index (χ4n) is 11.4. The average Bonchev–Trinajstić information content (AvgIpc) is 4.04. The Morgan fingerprint density at radius 2 is 0.972 bits per heavy atom. The van der Waals surface area contributed by atoms with E-state index in [9.17, 15) is 45.1 Å². The lowest BCUT2D eigenvalue weighted by molar-refractivity contribution is -0.132. The van der Waals surface area contributed by atoms with Crippen molar-refractivity contribution in [2.75, 3.05) is 39.3 Å². The summed E-state index contributed by atoms with van der Waals surface area (Å²) < 4.78 is 86.8. The van der Waals surface area contributed by atoms with Gasteiger partial charge in [0.25, 0.3) is 0 Å². The van der Waals surface area contributed by atoms with Crippen molar-refractivity contribution < 1.29 is 45.1 Å². The van der Waals surface area contributed by atoms with Gasteiger partial charge in [-0.3, -0.25) is 14.5 Å². The zero-order valence-corrected chi connectivity index (χ0v) is 42.1. The lowest BCUT2D eigenvalue weighted by atomic mass is 9.93. The van der Waals surface area contributed by atoms with E-state index in [1.54, 1.807) is 69.3 Å². The van der Waals surface area contributed by atoms with Crippen LogP contribution in [-0.4, -0.2) is 129 Å². The van der Waals surface area contributed by atoms with Gasteiger partial charge in [-0.25, -0.2) is 30.4 Å². The normalized spacial score (nSPS) is 24.0. The van der Waals surface area contributed by atoms with Crippen LogP contribution in [0.5, 0.6) is 0 Å². The lowest BCUT2D eigenvalue weighted by Crippen LogP contribution is -2.61. The first-order valence-corrected chi connectivity index (χ1v) is 28.2. The van der Waals surface area contributed by atoms with Crippen LogP contribution in [0.3, 0.4) is 0 Å². The number of piperazine rings is 2. The van der Waals surface area contributed by atoms with Gasteiger partial charge < -0.3 is 26.4 Å². The molecule has 8 atom stereocenters. The Labute approximate surface area is 422 Å². The molecule has 5 N–H and O–H groups in total. The van der Waals surface area contributed by atoms with E-state index in [4.69, 9.17) is 0 Å². The molecule has 0 spiro atoms. The van der Waals surface area contributed by atoms with Gasteiger partial charge in [0.1, 0.15) is 23.7 Å². The van der Waals surface area contributed by atoms with Crippen molar-refractivity contribution in [3.05, 3.63) is 132 Å². The van der Waals surface area contributed by atoms with Crippen LogP contribution >= 0.6 is 0 Å². The molecule has 2 saturated heterocycles. The molecule has 4 unspecified atom stereocenters. The quantitative estimate of drug-likeness (QED) is 0.0709. The second-order valence-electron chi connectivity index (χ2n) is 19.7. The molecule has 8 rings (SSSR count). The van der Waals surface area contributed by atoms with Crippen LogP contribution in [0, 0.1) is 23.5 Å². The molecule has 2 aliphatic carbocycles. The standard InChI is InChI=1S/C53H67F2N7O8S2/c54-41-23-17-37(18-24-41)33-49(51(63)58-47-15-7-9-39(47)21-27-43-35-56-29-31-60(43)71(67,68)45-11-3-1-4-12-45)62(53(65)66)50(34-38-19-25-42(55)26-20-38)52(64)59-48-16-8-10-40(48)22-28-44-36-57-30-32-61(44)72(69,70)46-13-5-2-6-14-46/h1-6,11-14,17-20,23-26,39-40,43-44,47-50,56-57H,7-10,15-16,21-22,27-36H2,(H,58,63)(H,59,64)(H,65,66)/t39-,40-,43?,44?,47+,48+,49?,50?/m0/s1. The number of carboxylic acid groups (broad SMARTS) is 1. The van der Waals surface area contributed by atoms with Gasteiger partial charge >= 0.3 is 6.09 Å². The first kappa shape index (κ1) is 53.0. The number of amides is 3. The van der Waals surface area contributed by atoms with Crippen LogP contribution in [0.15, 0.2) is 119 Å². The Bertz CT molecular complexity index is 2500. The highest BCUT2D eigenvalue weighted by atomic mass is 32.2. The Hall–Kier alpha value is -5.31.